The van der Waals surface area contributed by atoms with Gasteiger partial charge in [-0.2, -0.15) is 0 Å². The van der Waals surface area contributed by atoms with Gasteiger partial charge in [-0.25, -0.2) is 14.5 Å². The summed E-state index contributed by atoms with van der Waals surface area (Å²) in [6.45, 7) is 3.28. The number of urea groups is 2. The maximum atomic E-state index is 10.8. The molecule has 0 spiro atoms. The molecule has 5 nitrogen and oxygen atoms in total. The molecule has 0 aliphatic heterocycles. The van der Waals surface area contributed by atoms with Gasteiger partial charge in [0.25, 0.3) is 0 Å². The molecule has 0 aliphatic rings. The van der Waals surface area contributed by atoms with E-state index in [1.165, 1.54) is 20.3 Å². The summed E-state index contributed by atoms with van der Waals surface area (Å²) >= 11 is 0. The molecule has 0 radical (unpaired) electrons. The smallest absolute Gasteiger partial charge is 0.329 e. The number of nitrogens with one attached hydrogen (secondary N) is 2. The van der Waals surface area contributed by atoms with Crippen molar-refractivity contribution in [3.05, 3.63) is 12.8 Å². The first-order valence-corrected chi connectivity index (χ1v) is 3.00. The fourth-order valence-electron chi connectivity index (χ4n) is 0.444. The van der Waals surface area contributed by atoms with E-state index in [2.05, 4.69) is 17.2 Å². The summed E-state index contributed by atoms with van der Waals surface area (Å²) in [7, 11) is 2.80. The number of hydrogen-bond acceptors (Lipinski definition) is 2. The molecule has 0 bridgehead atoms. The Hall–Kier alpha value is -1.52. The molecule has 62 valence electrons. The first-order chi connectivity index (χ1) is 5.13. The molecule has 0 heterocycles. The third-order valence-corrected chi connectivity index (χ3v) is 1.05. The fraction of sp³-hybridized carbons (Fsp3) is 0.333. The molecule has 0 saturated carbocycles. The zero-order chi connectivity index (χ0) is 8.85. The van der Waals surface area contributed by atoms with Gasteiger partial charge in [-0.1, -0.05) is 6.58 Å². The monoisotopic (exact) mass is 157 g/mol. The van der Waals surface area contributed by atoms with Crippen molar-refractivity contribution >= 4 is 12.1 Å². The molecule has 11 heavy (non-hydrogen) atoms. The molecule has 0 rings (SSSR count). The number of carbonyl (C=O) groups is 2. The molecule has 0 atom stereocenters. The zero-order valence-corrected chi connectivity index (χ0v) is 6.55. The van der Waals surface area contributed by atoms with E-state index in [9.17, 15) is 9.59 Å². The van der Waals surface area contributed by atoms with Crippen LogP contribution in [0, 0.1) is 0 Å². The second-order valence-electron chi connectivity index (χ2n) is 1.77. The van der Waals surface area contributed by atoms with Crippen molar-refractivity contribution in [1.29, 1.82) is 0 Å². The molecule has 0 fully saturated rings. The van der Waals surface area contributed by atoms with E-state index in [0.717, 1.165) is 4.90 Å². The average molecular weight is 157 g/mol. The van der Waals surface area contributed by atoms with Crippen LogP contribution in [0.1, 0.15) is 0 Å². The van der Waals surface area contributed by atoms with Gasteiger partial charge in [0.2, 0.25) is 0 Å². The third-order valence-electron chi connectivity index (χ3n) is 1.05. The first-order valence-electron chi connectivity index (χ1n) is 3.00. The normalized spacial score (nSPS) is 8.18. The Labute approximate surface area is 65.1 Å². The minimum absolute atomic E-state index is 0.468. The predicted molar refractivity (Wildman–Crippen MR) is 40.9 cm³/mol. The predicted octanol–water partition coefficient (Wildman–Crippen LogP) is 0.111. The maximum absolute atomic E-state index is 10.8. The van der Waals surface area contributed by atoms with E-state index in [1.807, 2.05) is 0 Å². The van der Waals surface area contributed by atoms with Gasteiger partial charge in [-0.15, -0.1) is 0 Å². The summed E-state index contributed by atoms with van der Waals surface area (Å²) in [5.74, 6) is 0. The molecule has 0 saturated heterocycles. The highest BCUT2D eigenvalue weighted by Gasteiger charge is 2.12. The first kappa shape index (κ1) is 9.48. The van der Waals surface area contributed by atoms with Crippen LogP contribution in [-0.4, -0.2) is 31.1 Å². The summed E-state index contributed by atoms with van der Waals surface area (Å²) in [5, 5.41) is 4.55. The van der Waals surface area contributed by atoms with E-state index >= 15 is 0 Å². The quantitative estimate of drug-likeness (QED) is 0.567. The summed E-state index contributed by atoms with van der Waals surface area (Å²) in [6.07, 6.45) is 1.21. The topological polar surface area (TPSA) is 61.4 Å². The lowest BCUT2D eigenvalue weighted by Gasteiger charge is -2.13. The lowest BCUT2D eigenvalue weighted by atomic mass is 10.7. The van der Waals surface area contributed by atoms with Crippen LogP contribution >= 0.6 is 0 Å². The SMILES string of the molecule is C=CNC(=O)N(C)C(=O)NC. The summed E-state index contributed by atoms with van der Waals surface area (Å²) in [5.41, 5.74) is 0. The molecule has 0 aliphatic carbocycles. The Morgan fingerprint density at radius 3 is 2.36 bits per heavy atom. The van der Waals surface area contributed by atoms with Crippen LogP contribution in [0.15, 0.2) is 12.8 Å². The van der Waals surface area contributed by atoms with Gasteiger partial charge in [-0.05, 0) is 6.20 Å². The maximum Gasteiger partial charge on any atom is 0.329 e. The van der Waals surface area contributed by atoms with E-state index in [1.54, 1.807) is 0 Å². The summed E-state index contributed by atoms with van der Waals surface area (Å²) in [6, 6.07) is -0.983. The van der Waals surface area contributed by atoms with Gasteiger partial charge in [-0.3, -0.25) is 0 Å². The van der Waals surface area contributed by atoms with Gasteiger partial charge in [0.15, 0.2) is 0 Å². The number of hydrogen-bond donors (Lipinski definition) is 2. The van der Waals surface area contributed by atoms with Crippen molar-refractivity contribution in [1.82, 2.24) is 15.5 Å². The van der Waals surface area contributed by atoms with Crippen molar-refractivity contribution in [2.45, 2.75) is 0 Å². The van der Waals surface area contributed by atoms with E-state index < -0.39 is 12.1 Å². The number of imide groups is 1. The van der Waals surface area contributed by atoms with Crippen molar-refractivity contribution < 1.29 is 9.59 Å². The average Bonchev–Trinajstić information content (AvgIpc) is 2.02. The number of nitrogens with zero attached hydrogens (tertiary/aromatic N) is 1. The molecule has 5 heteroatoms. The van der Waals surface area contributed by atoms with Crippen molar-refractivity contribution in [3.8, 4) is 0 Å². The molecule has 4 amide bonds. The second-order valence-corrected chi connectivity index (χ2v) is 1.77. The van der Waals surface area contributed by atoms with Crippen LogP contribution in [0.4, 0.5) is 9.59 Å². The largest absolute Gasteiger partial charge is 0.341 e. The number of amides is 4. The summed E-state index contributed by atoms with van der Waals surface area (Å²) < 4.78 is 0. The van der Waals surface area contributed by atoms with Gasteiger partial charge < -0.3 is 10.6 Å². The molecular weight excluding hydrogens is 146 g/mol. The van der Waals surface area contributed by atoms with Crippen molar-refractivity contribution in [3.63, 3.8) is 0 Å². The lowest BCUT2D eigenvalue weighted by molar-refractivity contribution is 0.198. The second kappa shape index (κ2) is 4.32. The number of carbonyl (C=O) groups excluding carboxylic acids is 2. The fourth-order valence-corrected chi connectivity index (χ4v) is 0.444. The molecule has 2 N–H and O–H groups in total. The standard InChI is InChI=1S/C6H11N3O2/c1-4-8-6(11)9(3)5(10)7-2/h4H,1H2,2-3H3,(H,7,10)(H,8,11). The highest BCUT2D eigenvalue weighted by Crippen LogP contribution is 1.83. The Morgan fingerprint density at radius 2 is 2.00 bits per heavy atom. The Kier molecular flexibility index (Phi) is 3.72. The van der Waals surface area contributed by atoms with Gasteiger partial charge in [0, 0.05) is 14.1 Å². The molecule has 0 aromatic carbocycles. The van der Waals surface area contributed by atoms with E-state index in [0.29, 0.717) is 0 Å². The number of rotatable bonds is 1. The van der Waals surface area contributed by atoms with Crippen molar-refractivity contribution in [2.24, 2.45) is 0 Å². The van der Waals surface area contributed by atoms with Crippen LogP contribution in [-0.2, 0) is 0 Å². The summed E-state index contributed by atoms with van der Waals surface area (Å²) in [4.78, 5) is 22.5. The molecule has 0 aromatic rings. The van der Waals surface area contributed by atoms with E-state index in [-0.39, 0.29) is 0 Å². The lowest BCUT2D eigenvalue weighted by Crippen LogP contribution is -2.43. The highest BCUT2D eigenvalue weighted by atomic mass is 16.2. The zero-order valence-electron chi connectivity index (χ0n) is 6.55. The van der Waals surface area contributed by atoms with Crippen LogP contribution in [0.25, 0.3) is 0 Å². The molecule has 0 aromatic heterocycles. The van der Waals surface area contributed by atoms with E-state index in [4.69, 9.17) is 0 Å². The van der Waals surface area contributed by atoms with Gasteiger partial charge in [0.05, 0.1) is 0 Å². The van der Waals surface area contributed by atoms with Crippen LogP contribution < -0.4 is 10.6 Å². The van der Waals surface area contributed by atoms with Crippen molar-refractivity contribution in [2.75, 3.05) is 14.1 Å². The Bertz CT molecular complexity index is 179. The Balaban J connectivity index is 4.01. The van der Waals surface area contributed by atoms with Gasteiger partial charge in [0.1, 0.15) is 0 Å². The Morgan fingerprint density at radius 1 is 1.45 bits per heavy atom. The minimum atomic E-state index is -0.514. The minimum Gasteiger partial charge on any atom is -0.341 e. The molecular formula is C6H11N3O2. The van der Waals surface area contributed by atoms with Gasteiger partial charge >= 0.3 is 12.1 Å². The van der Waals surface area contributed by atoms with Crippen LogP contribution in [0.5, 0.6) is 0 Å². The highest BCUT2D eigenvalue weighted by molar-refractivity contribution is 5.93. The van der Waals surface area contributed by atoms with Crippen LogP contribution in [0.2, 0.25) is 0 Å². The van der Waals surface area contributed by atoms with Crippen LogP contribution in [0.3, 0.4) is 0 Å². The third kappa shape index (κ3) is 2.70. The molecule has 0 unspecified atom stereocenters.